The third-order valence-corrected chi connectivity index (χ3v) is 2.13. The fourth-order valence-corrected chi connectivity index (χ4v) is 1.33. The van der Waals surface area contributed by atoms with Crippen molar-refractivity contribution in [3.8, 4) is 11.8 Å². The normalized spacial score (nSPS) is 9.61. The molecule has 1 rings (SSSR count). The summed E-state index contributed by atoms with van der Waals surface area (Å²) in [6.45, 7) is 5.30. The standard InChI is InChI=1S/C14H17NO3/c1-10(2)18-14(17)15-13-7-6-11(3)12(9-13)5-4-8-16/h6-7,9-10,16H,8H2,1-3H3,(H,15,17). The molecule has 1 amide bonds. The SMILES string of the molecule is Cc1ccc(NC(=O)OC(C)C)cc1C#CCO. The molecule has 0 atom stereocenters. The van der Waals surface area contributed by atoms with E-state index in [4.69, 9.17) is 9.84 Å². The van der Waals surface area contributed by atoms with Gasteiger partial charge < -0.3 is 9.84 Å². The summed E-state index contributed by atoms with van der Waals surface area (Å²) in [4.78, 5) is 11.4. The highest BCUT2D eigenvalue weighted by Crippen LogP contribution is 2.14. The number of aryl methyl sites for hydroxylation is 1. The van der Waals surface area contributed by atoms with Crippen LogP contribution < -0.4 is 5.32 Å². The molecule has 0 aliphatic heterocycles. The lowest BCUT2D eigenvalue weighted by molar-refractivity contribution is 0.130. The summed E-state index contributed by atoms with van der Waals surface area (Å²) in [6, 6.07) is 5.38. The van der Waals surface area contributed by atoms with Crippen LogP contribution in [0.3, 0.4) is 0 Å². The minimum atomic E-state index is -0.491. The zero-order valence-electron chi connectivity index (χ0n) is 10.8. The molecule has 0 aromatic heterocycles. The molecule has 0 saturated heterocycles. The van der Waals surface area contributed by atoms with E-state index in [1.54, 1.807) is 26.0 Å². The van der Waals surface area contributed by atoms with Crippen LogP contribution in [0.15, 0.2) is 18.2 Å². The van der Waals surface area contributed by atoms with Crippen molar-refractivity contribution in [2.24, 2.45) is 0 Å². The zero-order valence-corrected chi connectivity index (χ0v) is 10.8. The van der Waals surface area contributed by atoms with Gasteiger partial charge in [-0.15, -0.1) is 0 Å². The smallest absolute Gasteiger partial charge is 0.411 e. The second kappa shape index (κ2) is 6.67. The average Bonchev–Trinajstić information content (AvgIpc) is 2.28. The van der Waals surface area contributed by atoms with Gasteiger partial charge in [0.05, 0.1) is 6.10 Å². The number of hydrogen-bond acceptors (Lipinski definition) is 3. The number of carbonyl (C=O) groups is 1. The van der Waals surface area contributed by atoms with Crippen LogP contribution in [0.5, 0.6) is 0 Å². The average molecular weight is 247 g/mol. The van der Waals surface area contributed by atoms with Gasteiger partial charge in [-0.05, 0) is 38.5 Å². The molecule has 0 radical (unpaired) electrons. The van der Waals surface area contributed by atoms with E-state index in [1.165, 1.54) is 0 Å². The Labute approximate surface area is 107 Å². The van der Waals surface area contributed by atoms with Crippen molar-refractivity contribution < 1.29 is 14.6 Å². The Kier molecular flexibility index (Phi) is 5.22. The number of carbonyl (C=O) groups excluding carboxylic acids is 1. The lowest BCUT2D eigenvalue weighted by Gasteiger charge is -2.10. The van der Waals surface area contributed by atoms with Crippen LogP contribution in [0.4, 0.5) is 10.5 Å². The van der Waals surface area contributed by atoms with Crippen LogP contribution >= 0.6 is 0 Å². The van der Waals surface area contributed by atoms with Crippen LogP contribution in [-0.2, 0) is 4.74 Å². The van der Waals surface area contributed by atoms with Crippen LogP contribution in [0, 0.1) is 18.8 Å². The summed E-state index contributed by atoms with van der Waals surface area (Å²) in [6.07, 6.45) is -0.654. The Morgan fingerprint density at radius 3 is 2.83 bits per heavy atom. The first-order valence-corrected chi connectivity index (χ1v) is 5.71. The van der Waals surface area contributed by atoms with Crippen molar-refractivity contribution in [1.29, 1.82) is 0 Å². The molecule has 1 aromatic carbocycles. The molecule has 0 unspecified atom stereocenters. The van der Waals surface area contributed by atoms with Crippen LogP contribution in [-0.4, -0.2) is 23.9 Å². The molecule has 0 bridgehead atoms. The minimum absolute atomic E-state index is 0.163. The first-order valence-electron chi connectivity index (χ1n) is 5.71. The maximum atomic E-state index is 11.4. The fraction of sp³-hybridized carbons (Fsp3) is 0.357. The van der Waals surface area contributed by atoms with Crippen LogP contribution in [0.2, 0.25) is 0 Å². The van der Waals surface area contributed by atoms with Crippen molar-refractivity contribution >= 4 is 11.8 Å². The molecule has 0 heterocycles. The lowest BCUT2D eigenvalue weighted by Crippen LogP contribution is -2.18. The van der Waals surface area contributed by atoms with E-state index in [0.29, 0.717) is 5.69 Å². The van der Waals surface area contributed by atoms with E-state index in [1.807, 2.05) is 13.0 Å². The Bertz CT molecular complexity index is 484. The van der Waals surface area contributed by atoms with E-state index in [-0.39, 0.29) is 12.7 Å². The van der Waals surface area contributed by atoms with Crippen LogP contribution in [0.25, 0.3) is 0 Å². The Hall–Kier alpha value is -1.99. The Balaban J connectivity index is 2.82. The summed E-state index contributed by atoms with van der Waals surface area (Å²) in [5.41, 5.74) is 2.37. The van der Waals surface area contributed by atoms with Gasteiger partial charge >= 0.3 is 6.09 Å². The maximum Gasteiger partial charge on any atom is 0.411 e. The number of ether oxygens (including phenoxy) is 1. The van der Waals surface area contributed by atoms with E-state index in [9.17, 15) is 4.79 Å². The van der Waals surface area contributed by atoms with Crippen molar-refractivity contribution in [3.05, 3.63) is 29.3 Å². The molecule has 0 aliphatic rings. The van der Waals surface area contributed by atoms with Crippen LogP contribution in [0.1, 0.15) is 25.0 Å². The van der Waals surface area contributed by atoms with E-state index in [0.717, 1.165) is 11.1 Å². The van der Waals surface area contributed by atoms with Gasteiger partial charge in [0.2, 0.25) is 0 Å². The molecular formula is C14H17NO3. The third-order valence-electron chi connectivity index (χ3n) is 2.13. The number of anilines is 1. The molecule has 18 heavy (non-hydrogen) atoms. The van der Waals surface area contributed by atoms with Gasteiger partial charge in [0.1, 0.15) is 6.61 Å². The summed E-state index contributed by atoms with van der Waals surface area (Å²) >= 11 is 0. The monoisotopic (exact) mass is 247 g/mol. The molecular weight excluding hydrogens is 230 g/mol. The summed E-state index contributed by atoms with van der Waals surface area (Å²) in [5.74, 6) is 5.40. The van der Waals surface area contributed by atoms with Crippen molar-refractivity contribution in [2.75, 3.05) is 11.9 Å². The van der Waals surface area contributed by atoms with E-state index < -0.39 is 6.09 Å². The molecule has 0 fully saturated rings. The minimum Gasteiger partial charge on any atom is -0.447 e. The summed E-state index contributed by atoms with van der Waals surface area (Å²) in [5, 5.41) is 11.3. The van der Waals surface area contributed by atoms with Crippen molar-refractivity contribution in [1.82, 2.24) is 0 Å². The predicted octanol–water partition coefficient (Wildman–Crippen LogP) is 2.30. The van der Waals surface area contributed by atoms with Gasteiger partial charge in [-0.25, -0.2) is 4.79 Å². The second-order valence-corrected chi connectivity index (χ2v) is 4.07. The molecule has 0 spiro atoms. The van der Waals surface area contributed by atoms with Crippen molar-refractivity contribution in [3.63, 3.8) is 0 Å². The maximum absolute atomic E-state index is 11.4. The molecule has 96 valence electrons. The van der Waals surface area contributed by atoms with Gasteiger partial charge in [-0.3, -0.25) is 5.32 Å². The topological polar surface area (TPSA) is 58.6 Å². The van der Waals surface area contributed by atoms with Gasteiger partial charge in [-0.2, -0.15) is 0 Å². The second-order valence-electron chi connectivity index (χ2n) is 4.07. The number of aliphatic hydroxyl groups excluding tert-OH is 1. The van der Waals surface area contributed by atoms with Gasteiger partial charge in [0.25, 0.3) is 0 Å². The number of aliphatic hydroxyl groups is 1. The molecule has 4 heteroatoms. The molecule has 4 nitrogen and oxygen atoms in total. The molecule has 2 N–H and O–H groups in total. The zero-order chi connectivity index (χ0) is 13.5. The summed E-state index contributed by atoms with van der Waals surface area (Å²) in [7, 11) is 0. The quantitative estimate of drug-likeness (QED) is 0.788. The first kappa shape index (κ1) is 14.1. The number of nitrogens with one attached hydrogen (secondary N) is 1. The predicted molar refractivity (Wildman–Crippen MR) is 70.4 cm³/mol. The largest absolute Gasteiger partial charge is 0.447 e. The summed E-state index contributed by atoms with van der Waals surface area (Å²) < 4.78 is 4.98. The fourth-order valence-electron chi connectivity index (χ4n) is 1.33. The Morgan fingerprint density at radius 1 is 1.50 bits per heavy atom. The third kappa shape index (κ3) is 4.48. The lowest BCUT2D eigenvalue weighted by atomic mass is 10.1. The highest BCUT2D eigenvalue weighted by atomic mass is 16.6. The first-order chi connectivity index (χ1) is 8.52. The number of rotatable bonds is 2. The van der Waals surface area contributed by atoms with Gasteiger partial charge in [0, 0.05) is 11.3 Å². The molecule has 1 aromatic rings. The number of hydrogen-bond donors (Lipinski definition) is 2. The van der Waals surface area contributed by atoms with E-state index >= 15 is 0 Å². The highest BCUT2D eigenvalue weighted by Gasteiger charge is 2.06. The van der Waals surface area contributed by atoms with E-state index in [2.05, 4.69) is 17.2 Å². The number of benzene rings is 1. The highest BCUT2D eigenvalue weighted by molar-refractivity contribution is 5.85. The number of amides is 1. The molecule has 0 aliphatic carbocycles. The molecule has 0 saturated carbocycles. The van der Waals surface area contributed by atoms with Crippen molar-refractivity contribution in [2.45, 2.75) is 26.9 Å². The van der Waals surface area contributed by atoms with Gasteiger partial charge in [-0.1, -0.05) is 17.9 Å². The van der Waals surface area contributed by atoms with Gasteiger partial charge in [0.15, 0.2) is 0 Å². The Morgan fingerprint density at radius 2 is 2.22 bits per heavy atom.